The number of hydrogen-bond acceptors (Lipinski definition) is 6. The van der Waals surface area contributed by atoms with Gasteiger partial charge in [0.1, 0.15) is 11.5 Å². The third-order valence-electron chi connectivity index (χ3n) is 7.10. The second kappa shape index (κ2) is 7.28. The Labute approximate surface area is 181 Å². The third kappa shape index (κ3) is 3.34. The Morgan fingerprint density at radius 2 is 1.97 bits per heavy atom. The lowest BCUT2D eigenvalue weighted by Gasteiger charge is -2.28. The summed E-state index contributed by atoms with van der Waals surface area (Å²) in [5, 5.41) is 27.4. The van der Waals surface area contributed by atoms with Crippen molar-refractivity contribution in [3.63, 3.8) is 0 Å². The molecule has 5 atom stereocenters. The largest absolute Gasteiger partial charge is 0.393 e. The maximum Gasteiger partial charge on any atom is 0.255 e. The molecular weight excluding hydrogens is 390 g/mol. The van der Waals surface area contributed by atoms with Gasteiger partial charge in [0, 0.05) is 11.5 Å². The van der Waals surface area contributed by atoms with Gasteiger partial charge in [0.25, 0.3) is 5.69 Å². The molecule has 1 aliphatic heterocycles. The lowest BCUT2D eigenvalue weighted by molar-refractivity contribution is -0.771. The topological polar surface area (TPSA) is 122 Å². The Bertz CT molecular complexity index is 1180. The van der Waals surface area contributed by atoms with Crippen LogP contribution in [0, 0.1) is 11.3 Å². The average Bonchev–Trinajstić information content (AvgIpc) is 3.28. The molecule has 0 radical (unpaired) electrons. The van der Waals surface area contributed by atoms with Crippen LogP contribution in [0.2, 0.25) is 0 Å². The quantitative estimate of drug-likeness (QED) is 0.481. The highest BCUT2D eigenvalue weighted by Gasteiger charge is 2.55. The van der Waals surface area contributed by atoms with Crippen molar-refractivity contribution in [2.24, 2.45) is 11.3 Å². The number of anilines is 2. The van der Waals surface area contributed by atoms with Gasteiger partial charge in [0.05, 0.1) is 29.8 Å². The van der Waals surface area contributed by atoms with Gasteiger partial charge in [-0.15, -0.1) is 0 Å². The van der Waals surface area contributed by atoms with E-state index in [1.54, 1.807) is 18.3 Å². The molecule has 1 saturated carbocycles. The molecule has 0 bridgehead atoms. The number of allylic oxidation sites excluding steroid dienone is 1. The zero-order valence-electron chi connectivity index (χ0n) is 17.5. The average molecular weight is 419 g/mol. The zero-order valence-corrected chi connectivity index (χ0v) is 17.5. The number of aliphatic hydroxyl groups is 2. The smallest absolute Gasteiger partial charge is 0.255 e. The van der Waals surface area contributed by atoms with Gasteiger partial charge >= 0.3 is 0 Å². The molecule has 1 unspecified atom stereocenters. The fourth-order valence-corrected chi connectivity index (χ4v) is 5.23. The Morgan fingerprint density at radius 1 is 1.16 bits per heavy atom. The lowest BCUT2D eigenvalue weighted by Crippen LogP contribution is -2.48. The van der Waals surface area contributed by atoms with E-state index < -0.39 is 17.6 Å². The summed E-state index contributed by atoms with van der Waals surface area (Å²) in [6.07, 6.45) is 6.29. The third-order valence-corrected chi connectivity index (χ3v) is 7.10. The first-order chi connectivity index (χ1) is 14.9. The number of aryl methyl sites for hydroxylation is 1. The molecule has 0 spiro atoms. The van der Waals surface area contributed by atoms with Crippen LogP contribution in [0.1, 0.15) is 37.1 Å². The molecule has 31 heavy (non-hydrogen) atoms. The Balaban J connectivity index is 1.35. The van der Waals surface area contributed by atoms with Crippen molar-refractivity contribution in [2.45, 2.75) is 44.4 Å². The Kier molecular flexibility index (Phi) is 4.68. The highest BCUT2D eigenvalue weighted by molar-refractivity contribution is 5.80. The summed E-state index contributed by atoms with van der Waals surface area (Å²) in [7, 11) is 0. The van der Waals surface area contributed by atoms with Gasteiger partial charge in [0.2, 0.25) is 6.04 Å². The highest BCUT2D eigenvalue weighted by atomic mass is 16.3. The van der Waals surface area contributed by atoms with E-state index in [1.165, 1.54) is 0 Å². The predicted molar refractivity (Wildman–Crippen MR) is 120 cm³/mol. The van der Waals surface area contributed by atoms with Crippen LogP contribution in [-0.4, -0.2) is 32.5 Å². The van der Waals surface area contributed by atoms with Crippen LogP contribution < -0.4 is 16.1 Å². The van der Waals surface area contributed by atoms with E-state index in [0.29, 0.717) is 17.9 Å². The van der Waals surface area contributed by atoms with E-state index in [2.05, 4.69) is 35.2 Å². The molecule has 160 valence electrons. The van der Waals surface area contributed by atoms with E-state index in [4.69, 9.17) is 11.5 Å². The number of fused-ring (bicyclic) bond motifs is 2. The van der Waals surface area contributed by atoms with Crippen LogP contribution in [0.4, 0.5) is 11.5 Å². The minimum Gasteiger partial charge on any atom is -0.393 e. The Hall–Kier alpha value is -3.03. The molecular formula is C24H28N5O2+. The SMILES string of the molecule is C[C@]1(CCc2ccc3ccc(N)nc3c2)C[C@@H](C2C=Cc3c(N)ccn[n+]32)[C@H](O)[C@@H]1O. The Morgan fingerprint density at radius 3 is 2.81 bits per heavy atom. The van der Waals surface area contributed by atoms with Crippen molar-refractivity contribution in [1.29, 1.82) is 0 Å². The summed E-state index contributed by atoms with van der Waals surface area (Å²) in [6, 6.07) is 11.6. The maximum atomic E-state index is 11.0. The monoisotopic (exact) mass is 418 g/mol. The van der Waals surface area contributed by atoms with Gasteiger partial charge in [-0.1, -0.05) is 23.7 Å². The van der Waals surface area contributed by atoms with E-state index in [-0.39, 0.29) is 12.0 Å². The molecule has 2 aliphatic rings. The summed E-state index contributed by atoms with van der Waals surface area (Å²) in [5.41, 5.74) is 15.0. The molecule has 7 nitrogen and oxygen atoms in total. The summed E-state index contributed by atoms with van der Waals surface area (Å²) in [6.45, 7) is 2.06. The van der Waals surface area contributed by atoms with Crippen molar-refractivity contribution in [3.8, 4) is 0 Å². The fraction of sp³-hybridized carbons (Fsp3) is 0.375. The number of nitrogens with two attached hydrogens (primary N) is 2. The number of nitrogens with zero attached hydrogens (tertiary/aromatic N) is 3. The maximum absolute atomic E-state index is 11.0. The van der Waals surface area contributed by atoms with Crippen LogP contribution in [-0.2, 0) is 6.42 Å². The molecule has 3 heterocycles. The van der Waals surface area contributed by atoms with E-state index in [0.717, 1.165) is 35.0 Å². The normalized spacial score (nSPS) is 29.5. The van der Waals surface area contributed by atoms with E-state index in [1.807, 2.05) is 22.9 Å². The van der Waals surface area contributed by atoms with Crippen LogP contribution in [0.25, 0.3) is 17.0 Å². The second-order valence-corrected chi connectivity index (χ2v) is 9.19. The minimum absolute atomic E-state index is 0.113. The molecule has 7 heteroatoms. The first-order valence-electron chi connectivity index (χ1n) is 10.7. The van der Waals surface area contributed by atoms with Gasteiger partial charge < -0.3 is 21.7 Å². The first kappa shape index (κ1) is 19.9. The summed E-state index contributed by atoms with van der Waals surface area (Å²) in [5.74, 6) is 0.375. The number of pyridine rings is 1. The predicted octanol–water partition coefficient (Wildman–Crippen LogP) is 2.03. The van der Waals surface area contributed by atoms with Gasteiger partial charge in [-0.2, -0.15) is 0 Å². The first-order valence-corrected chi connectivity index (χ1v) is 10.7. The zero-order chi connectivity index (χ0) is 21.8. The van der Waals surface area contributed by atoms with Crippen LogP contribution in [0.5, 0.6) is 0 Å². The number of aromatic nitrogens is 3. The highest BCUT2D eigenvalue weighted by Crippen LogP contribution is 2.49. The number of aliphatic hydroxyl groups excluding tert-OH is 2. The molecule has 0 saturated heterocycles. The van der Waals surface area contributed by atoms with Gasteiger partial charge in [0.15, 0.2) is 0 Å². The standard InChI is InChI=1S/C24H28N5O2/c1-24(10-8-14-2-3-15-4-7-21(26)28-18(15)12-14)13-16(22(30)23(24)31)19-5-6-20-17(25)9-11-27-29(19)20/h2-7,9,11-12,16,19,22-23,30-31H,8,10,13H2,1H3,(H2,25,27)(H2,26,28)/q+1/t16-,19?,22-,23-,24-/m0/s1. The van der Waals surface area contributed by atoms with Crippen molar-refractivity contribution < 1.29 is 14.9 Å². The molecule has 5 rings (SSSR count). The lowest BCUT2D eigenvalue weighted by atomic mass is 9.79. The van der Waals surface area contributed by atoms with E-state index >= 15 is 0 Å². The number of nitrogen functional groups attached to an aromatic ring is 2. The number of rotatable bonds is 4. The summed E-state index contributed by atoms with van der Waals surface area (Å²) >= 11 is 0. The molecule has 1 aromatic carbocycles. The molecule has 3 aromatic rings. The van der Waals surface area contributed by atoms with Crippen molar-refractivity contribution in [2.75, 3.05) is 11.5 Å². The van der Waals surface area contributed by atoms with Crippen LogP contribution >= 0.6 is 0 Å². The second-order valence-electron chi connectivity index (χ2n) is 9.19. The molecule has 2 aromatic heterocycles. The van der Waals surface area contributed by atoms with Crippen molar-refractivity contribution in [3.05, 3.63) is 59.9 Å². The minimum atomic E-state index is -0.820. The number of benzene rings is 1. The summed E-state index contributed by atoms with van der Waals surface area (Å²) in [4.78, 5) is 4.41. The molecule has 1 fully saturated rings. The fourth-order valence-electron chi connectivity index (χ4n) is 5.23. The van der Waals surface area contributed by atoms with Crippen LogP contribution in [0.3, 0.4) is 0 Å². The van der Waals surface area contributed by atoms with E-state index in [9.17, 15) is 10.2 Å². The van der Waals surface area contributed by atoms with Gasteiger partial charge in [-0.05, 0) is 65.7 Å². The van der Waals surface area contributed by atoms with Crippen LogP contribution in [0.15, 0.2) is 48.7 Å². The van der Waals surface area contributed by atoms with Crippen molar-refractivity contribution in [1.82, 2.24) is 10.1 Å². The van der Waals surface area contributed by atoms with Crippen molar-refractivity contribution >= 4 is 28.5 Å². The van der Waals surface area contributed by atoms with Gasteiger partial charge in [-0.25, -0.2) is 4.98 Å². The number of hydrogen-bond donors (Lipinski definition) is 4. The molecule has 6 N–H and O–H groups in total. The summed E-state index contributed by atoms with van der Waals surface area (Å²) < 4.78 is 1.86. The molecule has 0 amide bonds. The van der Waals surface area contributed by atoms with Gasteiger partial charge in [-0.3, -0.25) is 0 Å². The molecule has 1 aliphatic carbocycles.